The van der Waals surface area contributed by atoms with Gasteiger partial charge in [0.2, 0.25) is 23.7 Å². The highest BCUT2D eigenvalue weighted by Gasteiger charge is 2.26. The lowest BCUT2D eigenvalue weighted by Gasteiger charge is -2.16. The number of allylic oxidation sites excluding steroid dienone is 1. The Bertz CT molecular complexity index is 1250. The topological polar surface area (TPSA) is 85.6 Å². The monoisotopic (exact) mass is 440 g/mol. The summed E-state index contributed by atoms with van der Waals surface area (Å²) in [6.07, 6.45) is 1.93. The first-order chi connectivity index (χ1) is 15.5. The highest BCUT2D eigenvalue weighted by atomic mass is 16.7. The minimum atomic E-state index is -0.396. The first kappa shape index (κ1) is 21.4. The maximum absolute atomic E-state index is 13.4. The van der Waals surface area contributed by atoms with Crippen LogP contribution in [0.1, 0.15) is 13.8 Å². The van der Waals surface area contributed by atoms with Crippen LogP contribution in [0.25, 0.3) is 22.3 Å². The maximum Gasteiger partial charge on any atom is 0.239 e. The number of hydrogen-bond acceptors (Lipinski definition) is 8. The van der Waals surface area contributed by atoms with Crippen LogP contribution in [0.15, 0.2) is 45.1 Å². The zero-order chi connectivity index (χ0) is 22.8. The molecule has 4 rings (SSSR count). The van der Waals surface area contributed by atoms with E-state index in [0.29, 0.717) is 29.4 Å². The molecule has 0 amide bonds. The molecule has 0 radical (unpaired) electrons. The summed E-state index contributed by atoms with van der Waals surface area (Å²) in [6, 6.07) is 6.85. The van der Waals surface area contributed by atoms with Gasteiger partial charge in [-0.2, -0.15) is 0 Å². The Kier molecular flexibility index (Phi) is 5.85. The number of fused-ring (bicyclic) bond motifs is 2. The summed E-state index contributed by atoms with van der Waals surface area (Å²) >= 11 is 0. The van der Waals surface area contributed by atoms with Gasteiger partial charge in [0.15, 0.2) is 28.6 Å². The predicted octanol–water partition coefficient (Wildman–Crippen LogP) is 4.56. The van der Waals surface area contributed by atoms with Crippen LogP contribution in [0.2, 0.25) is 0 Å². The Morgan fingerprint density at radius 1 is 0.969 bits per heavy atom. The van der Waals surface area contributed by atoms with Gasteiger partial charge in [0, 0.05) is 11.6 Å². The molecule has 0 N–H and O–H groups in total. The maximum atomic E-state index is 13.4. The Morgan fingerprint density at radius 3 is 2.41 bits per heavy atom. The van der Waals surface area contributed by atoms with E-state index in [1.807, 2.05) is 19.9 Å². The molecule has 0 bridgehead atoms. The van der Waals surface area contributed by atoms with Crippen LogP contribution in [0, 0.1) is 0 Å². The SMILES string of the molecule is COc1c(-c2ccc3c(c2)OCO3)oc2c(OC)c(OCC=C(C)C)cc(OC)c2c1=O. The number of hydrogen-bond donors (Lipinski definition) is 0. The van der Waals surface area contributed by atoms with E-state index in [1.165, 1.54) is 21.3 Å². The summed E-state index contributed by atoms with van der Waals surface area (Å²) in [4.78, 5) is 13.4. The van der Waals surface area contributed by atoms with Crippen molar-refractivity contribution in [3.05, 3.63) is 46.1 Å². The standard InChI is InChI=1S/C24H24O8/c1-13(2)8-9-29-18-11-17(26-3)19-20(25)24(28-5)21(32-23(19)22(18)27-4)14-6-7-15-16(10-14)31-12-30-15/h6-8,10-11H,9,12H2,1-5H3. The van der Waals surface area contributed by atoms with Crippen molar-refractivity contribution in [2.24, 2.45) is 0 Å². The quantitative estimate of drug-likeness (QED) is 0.495. The average Bonchev–Trinajstić information content (AvgIpc) is 3.25. The second-order valence-corrected chi connectivity index (χ2v) is 7.27. The largest absolute Gasteiger partial charge is 0.496 e. The van der Waals surface area contributed by atoms with E-state index >= 15 is 0 Å². The molecule has 0 unspecified atom stereocenters. The van der Waals surface area contributed by atoms with Gasteiger partial charge in [-0.15, -0.1) is 0 Å². The summed E-state index contributed by atoms with van der Waals surface area (Å²) in [5, 5.41) is 0.195. The van der Waals surface area contributed by atoms with Crippen LogP contribution < -0.4 is 33.8 Å². The lowest BCUT2D eigenvalue weighted by molar-refractivity contribution is 0.174. The summed E-state index contributed by atoms with van der Waals surface area (Å²) in [5.74, 6) is 2.39. The van der Waals surface area contributed by atoms with E-state index in [2.05, 4.69) is 0 Å². The van der Waals surface area contributed by atoms with E-state index in [9.17, 15) is 4.79 Å². The van der Waals surface area contributed by atoms with Crippen molar-refractivity contribution in [1.82, 2.24) is 0 Å². The Labute approximate surface area is 184 Å². The Morgan fingerprint density at radius 2 is 1.72 bits per heavy atom. The summed E-state index contributed by atoms with van der Waals surface area (Å²) in [6.45, 7) is 4.41. The number of rotatable bonds is 7. The van der Waals surface area contributed by atoms with E-state index in [1.54, 1.807) is 24.3 Å². The minimum absolute atomic E-state index is 0.0370. The molecule has 168 valence electrons. The van der Waals surface area contributed by atoms with Gasteiger partial charge in [-0.3, -0.25) is 4.79 Å². The highest BCUT2D eigenvalue weighted by molar-refractivity contribution is 5.93. The Balaban J connectivity index is 1.98. The first-order valence-electron chi connectivity index (χ1n) is 9.94. The lowest BCUT2D eigenvalue weighted by atomic mass is 10.1. The van der Waals surface area contributed by atoms with Crippen molar-refractivity contribution in [2.75, 3.05) is 34.7 Å². The summed E-state index contributed by atoms with van der Waals surface area (Å²) in [7, 11) is 4.37. The molecular weight excluding hydrogens is 416 g/mol. The average molecular weight is 440 g/mol. The zero-order valence-electron chi connectivity index (χ0n) is 18.6. The van der Waals surface area contributed by atoms with Crippen molar-refractivity contribution in [3.8, 4) is 45.8 Å². The smallest absolute Gasteiger partial charge is 0.239 e. The van der Waals surface area contributed by atoms with Crippen molar-refractivity contribution in [1.29, 1.82) is 0 Å². The molecule has 0 fully saturated rings. The fraction of sp³-hybridized carbons (Fsp3) is 0.292. The fourth-order valence-electron chi connectivity index (χ4n) is 3.44. The summed E-state index contributed by atoms with van der Waals surface area (Å²) < 4.78 is 39.4. The predicted molar refractivity (Wildman–Crippen MR) is 119 cm³/mol. The molecule has 1 aliphatic heterocycles. The van der Waals surface area contributed by atoms with E-state index in [4.69, 9.17) is 32.8 Å². The molecule has 0 aliphatic carbocycles. The molecule has 3 aromatic rings. The molecule has 32 heavy (non-hydrogen) atoms. The normalized spacial score (nSPS) is 11.9. The fourth-order valence-corrected chi connectivity index (χ4v) is 3.44. The number of methoxy groups -OCH3 is 3. The molecule has 0 saturated heterocycles. The van der Waals surface area contributed by atoms with E-state index in [0.717, 1.165) is 5.57 Å². The second kappa shape index (κ2) is 8.74. The zero-order valence-corrected chi connectivity index (χ0v) is 18.6. The Hall–Kier alpha value is -3.81. The molecule has 8 nitrogen and oxygen atoms in total. The second-order valence-electron chi connectivity index (χ2n) is 7.27. The van der Waals surface area contributed by atoms with Crippen LogP contribution in [-0.2, 0) is 0 Å². The molecule has 0 saturated carbocycles. The van der Waals surface area contributed by atoms with Crippen LogP contribution in [0.4, 0.5) is 0 Å². The van der Waals surface area contributed by atoms with Gasteiger partial charge >= 0.3 is 0 Å². The third-order valence-electron chi connectivity index (χ3n) is 5.00. The van der Waals surface area contributed by atoms with Crippen molar-refractivity contribution >= 4 is 11.0 Å². The van der Waals surface area contributed by atoms with Gasteiger partial charge in [-0.05, 0) is 38.1 Å². The molecule has 0 atom stereocenters. The van der Waals surface area contributed by atoms with Gasteiger partial charge in [0.25, 0.3) is 0 Å². The molecule has 2 aromatic carbocycles. The summed E-state index contributed by atoms with van der Waals surface area (Å²) in [5.41, 5.74) is 1.49. The van der Waals surface area contributed by atoms with Crippen LogP contribution in [-0.4, -0.2) is 34.7 Å². The van der Waals surface area contributed by atoms with Crippen molar-refractivity contribution in [2.45, 2.75) is 13.8 Å². The molecule has 8 heteroatoms. The van der Waals surface area contributed by atoms with Gasteiger partial charge < -0.3 is 32.8 Å². The van der Waals surface area contributed by atoms with E-state index in [-0.39, 0.29) is 40.8 Å². The third kappa shape index (κ3) is 3.68. The van der Waals surface area contributed by atoms with Gasteiger partial charge in [-0.1, -0.05) is 5.57 Å². The molecular formula is C24H24O8. The van der Waals surface area contributed by atoms with Crippen LogP contribution in [0.3, 0.4) is 0 Å². The molecule has 1 aromatic heterocycles. The first-order valence-corrected chi connectivity index (χ1v) is 9.94. The number of benzene rings is 2. The van der Waals surface area contributed by atoms with Crippen molar-refractivity contribution < 1.29 is 32.8 Å². The van der Waals surface area contributed by atoms with Crippen molar-refractivity contribution in [3.63, 3.8) is 0 Å². The van der Waals surface area contributed by atoms with Gasteiger partial charge in [0.1, 0.15) is 17.7 Å². The highest BCUT2D eigenvalue weighted by Crippen LogP contribution is 2.45. The number of ether oxygens (including phenoxy) is 6. The van der Waals surface area contributed by atoms with Gasteiger partial charge in [0.05, 0.1) is 21.3 Å². The lowest BCUT2D eigenvalue weighted by Crippen LogP contribution is -2.10. The van der Waals surface area contributed by atoms with E-state index < -0.39 is 5.43 Å². The third-order valence-corrected chi connectivity index (χ3v) is 5.00. The van der Waals surface area contributed by atoms with Crippen LogP contribution in [0.5, 0.6) is 34.5 Å². The molecule has 0 spiro atoms. The molecule has 2 heterocycles. The van der Waals surface area contributed by atoms with Crippen LogP contribution >= 0.6 is 0 Å². The van der Waals surface area contributed by atoms with Gasteiger partial charge in [-0.25, -0.2) is 0 Å². The molecule has 1 aliphatic rings. The minimum Gasteiger partial charge on any atom is -0.496 e.